The lowest BCUT2D eigenvalue weighted by Gasteiger charge is -2.32. The molecule has 1 aliphatic heterocycles. The summed E-state index contributed by atoms with van der Waals surface area (Å²) in [4.78, 5) is 28.7. The second kappa shape index (κ2) is 10.4. The summed E-state index contributed by atoms with van der Waals surface area (Å²) >= 11 is 0. The summed E-state index contributed by atoms with van der Waals surface area (Å²) in [6.07, 6.45) is -0.551. The molecule has 1 heterocycles. The minimum absolute atomic E-state index is 0.0121. The summed E-state index contributed by atoms with van der Waals surface area (Å²) in [5.41, 5.74) is 0.219. The van der Waals surface area contributed by atoms with Crippen molar-refractivity contribution in [3.63, 3.8) is 0 Å². The van der Waals surface area contributed by atoms with Gasteiger partial charge in [-0.3, -0.25) is 9.80 Å². The normalized spacial score (nSPS) is 20.7. The first-order valence-electron chi connectivity index (χ1n) is 11.2. The fourth-order valence-electron chi connectivity index (χ4n) is 4.20. The number of benzene rings is 2. The smallest absolute Gasteiger partial charge is 0.411 e. The Balaban J connectivity index is 1.82. The van der Waals surface area contributed by atoms with Gasteiger partial charge in [0, 0.05) is 26.1 Å². The molecule has 0 spiro atoms. The minimum Gasteiger partial charge on any atom is -0.467 e. The Hall–Kier alpha value is -2.90. The molecule has 2 atom stereocenters. The van der Waals surface area contributed by atoms with Crippen LogP contribution in [0.5, 0.6) is 0 Å². The molecule has 1 unspecified atom stereocenters. The highest BCUT2D eigenvalue weighted by atomic mass is 16.6. The molecule has 0 radical (unpaired) electrons. The van der Waals surface area contributed by atoms with Gasteiger partial charge >= 0.3 is 12.1 Å². The Morgan fingerprint density at radius 1 is 1.03 bits per heavy atom. The Bertz CT molecular complexity index is 887. The van der Waals surface area contributed by atoms with Gasteiger partial charge < -0.3 is 14.6 Å². The van der Waals surface area contributed by atoms with Gasteiger partial charge in [-0.05, 0) is 31.9 Å². The number of aliphatic hydroxyl groups is 1. The molecule has 0 bridgehead atoms. The second-order valence-corrected chi connectivity index (χ2v) is 9.69. The van der Waals surface area contributed by atoms with E-state index in [4.69, 9.17) is 9.47 Å². The summed E-state index contributed by atoms with van der Waals surface area (Å²) in [5, 5.41) is 11.6. The predicted octanol–water partition coefficient (Wildman–Crippen LogP) is 3.60. The molecule has 7 heteroatoms. The molecular weight excluding hydrogens is 420 g/mol. The molecule has 3 rings (SSSR count). The fraction of sp³-hybridized carbons (Fsp3) is 0.462. The van der Waals surface area contributed by atoms with Crippen LogP contribution in [0.2, 0.25) is 0 Å². The van der Waals surface area contributed by atoms with Gasteiger partial charge in [-0.25, -0.2) is 9.59 Å². The van der Waals surface area contributed by atoms with Crippen LogP contribution in [-0.2, 0) is 27.4 Å². The van der Waals surface area contributed by atoms with Crippen LogP contribution in [-0.4, -0.2) is 64.4 Å². The molecule has 178 valence electrons. The van der Waals surface area contributed by atoms with E-state index in [1.165, 1.54) is 12.0 Å². The molecule has 2 aromatic carbocycles. The minimum atomic E-state index is -1.29. The Morgan fingerprint density at radius 3 is 2.00 bits per heavy atom. The Morgan fingerprint density at radius 2 is 1.55 bits per heavy atom. The lowest BCUT2D eigenvalue weighted by atomic mass is 9.98. The van der Waals surface area contributed by atoms with Crippen LogP contribution in [0.25, 0.3) is 0 Å². The van der Waals surface area contributed by atoms with Crippen molar-refractivity contribution < 1.29 is 24.2 Å². The van der Waals surface area contributed by atoms with Gasteiger partial charge in [-0.2, -0.15) is 0 Å². The number of ether oxygens (including phenoxy) is 2. The number of likely N-dealkylation sites (tertiary alicyclic amines) is 1. The van der Waals surface area contributed by atoms with E-state index in [2.05, 4.69) is 4.90 Å². The number of methoxy groups -OCH3 is 1. The highest BCUT2D eigenvalue weighted by Gasteiger charge is 2.50. The number of hydrogen-bond acceptors (Lipinski definition) is 6. The molecule has 0 saturated carbocycles. The highest BCUT2D eigenvalue weighted by molar-refractivity contribution is 5.82. The quantitative estimate of drug-likeness (QED) is 0.644. The van der Waals surface area contributed by atoms with Crippen molar-refractivity contribution in [3.8, 4) is 0 Å². The SMILES string of the molecule is COC(=O)[C@@H]1CC(O)(CN(Cc2ccccc2)Cc2ccccc2)CN1C(=O)OC(C)(C)C. The van der Waals surface area contributed by atoms with Gasteiger partial charge in [0.05, 0.1) is 19.3 Å². The topological polar surface area (TPSA) is 79.3 Å². The Kier molecular flexibility index (Phi) is 7.76. The average Bonchev–Trinajstić information content (AvgIpc) is 3.11. The molecule has 2 aromatic rings. The first-order valence-corrected chi connectivity index (χ1v) is 11.2. The monoisotopic (exact) mass is 454 g/mol. The van der Waals surface area contributed by atoms with E-state index < -0.39 is 29.3 Å². The molecule has 1 saturated heterocycles. The predicted molar refractivity (Wildman–Crippen MR) is 125 cm³/mol. The van der Waals surface area contributed by atoms with E-state index in [9.17, 15) is 14.7 Å². The number of hydrogen-bond donors (Lipinski definition) is 1. The van der Waals surface area contributed by atoms with Crippen molar-refractivity contribution in [3.05, 3.63) is 71.8 Å². The van der Waals surface area contributed by atoms with Crippen molar-refractivity contribution in [1.82, 2.24) is 9.80 Å². The zero-order valence-electron chi connectivity index (χ0n) is 19.9. The van der Waals surface area contributed by atoms with Crippen molar-refractivity contribution in [1.29, 1.82) is 0 Å². The lowest BCUT2D eigenvalue weighted by Crippen LogP contribution is -2.46. The van der Waals surface area contributed by atoms with E-state index in [1.54, 1.807) is 20.8 Å². The zero-order chi connectivity index (χ0) is 24.1. The number of nitrogens with zero attached hydrogens (tertiary/aromatic N) is 2. The number of amides is 1. The van der Waals surface area contributed by atoms with Crippen molar-refractivity contribution in [2.75, 3.05) is 20.2 Å². The van der Waals surface area contributed by atoms with E-state index >= 15 is 0 Å². The summed E-state index contributed by atoms with van der Waals surface area (Å²) in [5.74, 6) is -0.561. The van der Waals surface area contributed by atoms with Gasteiger partial charge in [-0.1, -0.05) is 60.7 Å². The maximum Gasteiger partial charge on any atom is 0.411 e. The van der Waals surface area contributed by atoms with Crippen LogP contribution in [0.1, 0.15) is 38.3 Å². The maximum atomic E-state index is 12.8. The number of rotatable bonds is 7. The van der Waals surface area contributed by atoms with Crippen LogP contribution in [0.4, 0.5) is 4.79 Å². The van der Waals surface area contributed by atoms with E-state index in [0.717, 1.165) is 11.1 Å². The third kappa shape index (κ3) is 7.04. The molecule has 1 amide bonds. The third-order valence-corrected chi connectivity index (χ3v) is 5.53. The summed E-state index contributed by atoms with van der Waals surface area (Å²) in [7, 11) is 1.28. The van der Waals surface area contributed by atoms with Crippen LogP contribution in [0.15, 0.2) is 60.7 Å². The van der Waals surface area contributed by atoms with Crippen LogP contribution in [0, 0.1) is 0 Å². The van der Waals surface area contributed by atoms with Crippen LogP contribution < -0.4 is 0 Å². The second-order valence-electron chi connectivity index (χ2n) is 9.69. The Labute approximate surface area is 195 Å². The first-order chi connectivity index (χ1) is 15.6. The summed E-state index contributed by atoms with van der Waals surface area (Å²) in [6.45, 7) is 6.80. The number of β-amino-alcohol motifs (C(OH)–C–C–N with tert-alkyl or cyclic N) is 1. The van der Waals surface area contributed by atoms with Gasteiger partial charge in [0.1, 0.15) is 11.6 Å². The first kappa shape index (κ1) is 24.7. The summed E-state index contributed by atoms with van der Waals surface area (Å²) < 4.78 is 10.4. The molecule has 33 heavy (non-hydrogen) atoms. The average molecular weight is 455 g/mol. The molecule has 1 N–H and O–H groups in total. The molecule has 1 aliphatic rings. The van der Waals surface area contributed by atoms with E-state index in [0.29, 0.717) is 13.1 Å². The number of carbonyl (C=O) groups is 2. The van der Waals surface area contributed by atoms with Gasteiger partial charge in [-0.15, -0.1) is 0 Å². The zero-order valence-corrected chi connectivity index (χ0v) is 19.9. The van der Waals surface area contributed by atoms with Crippen LogP contribution >= 0.6 is 0 Å². The van der Waals surface area contributed by atoms with Gasteiger partial charge in [0.15, 0.2) is 0 Å². The van der Waals surface area contributed by atoms with Crippen molar-refractivity contribution in [2.45, 2.75) is 57.5 Å². The molecule has 0 aromatic heterocycles. The largest absolute Gasteiger partial charge is 0.467 e. The van der Waals surface area contributed by atoms with Crippen molar-refractivity contribution >= 4 is 12.1 Å². The third-order valence-electron chi connectivity index (χ3n) is 5.53. The van der Waals surface area contributed by atoms with E-state index in [1.807, 2.05) is 60.7 Å². The molecular formula is C26H34N2O5. The fourth-order valence-corrected chi connectivity index (χ4v) is 4.20. The highest BCUT2D eigenvalue weighted by Crippen LogP contribution is 2.31. The maximum absolute atomic E-state index is 12.8. The molecule has 1 fully saturated rings. The van der Waals surface area contributed by atoms with Gasteiger partial charge in [0.2, 0.25) is 0 Å². The van der Waals surface area contributed by atoms with Gasteiger partial charge in [0.25, 0.3) is 0 Å². The lowest BCUT2D eigenvalue weighted by molar-refractivity contribution is -0.145. The molecule has 7 nitrogen and oxygen atoms in total. The number of esters is 1. The summed E-state index contributed by atoms with van der Waals surface area (Å²) in [6, 6.07) is 19.1. The van der Waals surface area contributed by atoms with Crippen molar-refractivity contribution in [2.24, 2.45) is 0 Å². The molecule has 0 aliphatic carbocycles. The van der Waals surface area contributed by atoms with Crippen LogP contribution in [0.3, 0.4) is 0 Å². The number of carbonyl (C=O) groups excluding carboxylic acids is 2. The standard InChI is InChI=1S/C26H34N2O5/c1-25(2,3)33-24(30)28-19-26(31,15-22(28)23(29)32-4)18-27(16-20-11-7-5-8-12-20)17-21-13-9-6-10-14-21/h5-14,22,31H,15-19H2,1-4H3/t22-,26?/m0/s1. The van der Waals surface area contributed by atoms with E-state index in [-0.39, 0.29) is 19.5 Å².